The van der Waals surface area contributed by atoms with Crippen molar-refractivity contribution in [1.29, 1.82) is 0 Å². The molecule has 0 aliphatic heterocycles. The van der Waals surface area contributed by atoms with Crippen molar-refractivity contribution in [2.24, 2.45) is 0 Å². The predicted molar refractivity (Wildman–Crippen MR) is 112 cm³/mol. The first kappa shape index (κ1) is 20.9. The zero-order chi connectivity index (χ0) is 20.5. The van der Waals surface area contributed by atoms with E-state index in [9.17, 15) is 9.59 Å². The zero-order valence-electron chi connectivity index (χ0n) is 16.2. The van der Waals surface area contributed by atoms with E-state index in [2.05, 4.69) is 13.2 Å². The van der Waals surface area contributed by atoms with Crippen LogP contribution >= 0.6 is 0 Å². The minimum atomic E-state index is -0.432. The zero-order valence-corrected chi connectivity index (χ0v) is 16.2. The smallest absolute Gasteiger partial charge is 0.338 e. The van der Waals surface area contributed by atoms with E-state index < -0.39 is 5.97 Å². The fourth-order valence-corrected chi connectivity index (χ4v) is 2.26. The Morgan fingerprint density at radius 3 is 1.93 bits per heavy atom. The third-order valence-corrected chi connectivity index (χ3v) is 3.83. The number of carbonyl (C=O) groups is 2. The van der Waals surface area contributed by atoms with Gasteiger partial charge in [-0.15, -0.1) is 0 Å². The molecule has 0 aliphatic carbocycles. The summed E-state index contributed by atoms with van der Waals surface area (Å²) in [5, 5.41) is 0. The first-order chi connectivity index (χ1) is 13.4. The van der Waals surface area contributed by atoms with Crippen LogP contribution in [0.1, 0.15) is 25.8 Å². The average molecular weight is 376 g/mol. The Balaban J connectivity index is 1.90. The minimum absolute atomic E-state index is 0.336. The van der Waals surface area contributed by atoms with Crippen LogP contribution in [0.4, 0.5) is 0 Å². The van der Waals surface area contributed by atoms with Gasteiger partial charge in [-0.1, -0.05) is 61.7 Å². The highest BCUT2D eigenvalue weighted by atomic mass is 16.5. The van der Waals surface area contributed by atoms with E-state index in [1.165, 1.54) is 0 Å². The molecule has 0 bridgehead atoms. The summed E-state index contributed by atoms with van der Waals surface area (Å²) in [6, 6.07) is 15.4. The van der Waals surface area contributed by atoms with Gasteiger partial charge >= 0.3 is 11.9 Å². The SMILES string of the molecule is C=C(C)C(=O)OCC/C=C/c1ccc(-c2ccc(OC(=O)C(=C)C)cc2)cc1. The van der Waals surface area contributed by atoms with Crippen LogP contribution in [0, 0.1) is 0 Å². The van der Waals surface area contributed by atoms with Gasteiger partial charge < -0.3 is 9.47 Å². The standard InChI is InChI=1S/C24H24O4/c1-17(2)23(25)27-16-6-5-7-19-8-10-20(11-9-19)21-12-14-22(15-13-21)28-24(26)18(3)4/h5,7-15H,1,3,6,16H2,2,4H3/b7-5+. The summed E-state index contributed by atoms with van der Waals surface area (Å²) in [5.41, 5.74) is 3.91. The molecule has 0 atom stereocenters. The van der Waals surface area contributed by atoms with Crippen LogP contribution < -0.4 is 4.74 Å². The maximum atomic E-state index is 11.5. The van der Waals surface area contributed by atoms with Crippen LogP contribution in [0.15, 0.2) is 78.9 Å². The molecule has 2 aromatic rings. The van der Waals surface area contributed by atoms with Gasteiger partial charge in [0.15, 0.2) is 0 Å². The van der Waals surface area contributed by atoms with Crippen molar-refractivity contribution >= 4 is 18.0 Å². The van der Waals surface area contributed by atoms with E-state index in [1.807, 2.05) is 48.6 Å². The van der Waals surface area contributed by atoms with Crippen molar-refractivity contribution in [3.63, 3.8) is 0 Å². The van der Waals surface area contributed by atoms with Gasteiger partial charge in [0.2, 0.25) is 0 Å². The normalized spacial score (nSPS) is 10.5. The largest absolute Gasteiger partial charge is 0.462 e. The summed E-state index contributed by atoms with van der Waals surface area (Å²) in [7, 11) is 0. The fourth-order valence-electron chi connectivity index (χ4n) is 2.26. The van der Waals surface area contributed by atoms with Gasteiger partial charge in [0.25, 0.3) is 0 Å². The highest BCUT2D eigenvalue weighted by Crippen LogP contribution is 2.23. The topological polar surface area (TPSA) is 52.6 Å². The Bertz CT molecular complexity index is 887. The summed E-state index contributed by atoms with van der Waals surface area (Å²) < 4.78 is 10.2. The lowest BCUT2D eigenvalue weighted by atomic mass is 10.0. The number of rotatable bonds is 8. The van der Waals surface area contributed by atoms with Crippen molar-refractivity contribution in [2.45, 2.75) is 20.3 Å². The summed E-state index contributed by atoms with van der Waals surface area (Å²) in [6.45, 7) is 10.7. The lowest BCUT2D eigenvalue weighted by Gasteiger charge is -2.06. The first-order valence-electron chi connectivity index (χ1n) is 8.94. The van der Waals surface area contributed by atoms with Crippen molar-refractivity contribution < 1.29 is 19.1 Å². The van der Waals surface area contributed by atoms with Gasteiger partial charge in [-0.2, -0.15) is 0 Å². The molecular weight excluding hydrogens is 352 g/mol. The Labute approximate surface area is 165 Å². The lowest BCUT2D eigenvalue weighted by Crippen LogP contribution is -2.07. The molecule has 0 amide bonds. The van der Waals surface area contributed by atoms with Gasteiger partial charge in [0.05, 0.1) is 6.61 Å². The number of benzene rings is 2. The molecule has 0 heterocycles. The molecule has 0 aliphatic rings. The van der Waals surface area contributed by atoms with Crippen molar-refractivity contribution in [2.75, 3.05) is 6.61 Å². The van der Waals surface area contributed by atoms with E-state index in [-0.39, 0.29) is 5.97 Å². The van der Waals surface area contributed by atoms with Gasteiger partial charge in [0.1, 0.15) is 5.75 Å². The molecule has 4 nitrogen and oxygen atoms in total. The Hall–Kier alpha value is -3.40. The monoisotopic (exact) mass is 376 g/mol. The number of hydrogen-bond acceptors (Lipinski definition) is 4. The second-order valence-electron chi connectivity index (χ2n) is 6.42. The fraction of sp³-hybridized carbons (Fsp3) is 0.167. The third kappa shape index (κ3) is 6.40. The first-order valence-corrected chi connectivity index (χ1v) is 8.94. The van der Waals surface area contributed by atoms with Crippen LogP contribution in [0.25, 0.3) is 17.2 Å². The van der Waals surface area contributed by atoms with Crippen molar-refractivity contribution in [1.82, 2.24) is 0 Å². The molecule has 0 saturated carbocycles. The van der Waals surface area contributed by atoms with Crippen molar-refractivity contribution in [3.05, 3.63) is 84.5 Å². The van der Waals surface area contributed by atoms with Gasteiger partial charge in [-0.25, -0.2) is 9.59 Å². The van der Waals surface area contributed by atoms with E-state index in [4.69, 9.17) is 9.47 Å². The van der Waals surface area contributed by atoms with Gasteiger partial charge in [-0.3, -0.25) is 0 Å². The molecule has 4 heteroatoms. The molecule has 0 fully saturated rings. The molecule has 0 saturated heterocycles. The van der Waals surface area contributed by atoms with Crippen LogP contribution in [0.5, 0.6) is 5.75 Å². The maximum Gasteiger partial charge on any atom is 0.338 e. The number of carbonyl (C=O) groups excluding carboxylic acids is 2. The minimum Gasteiger partial charge on any atom is -0.462 e. The molecule has 2 aromatic carbocycles. The number of esters is 2. The number of ether oxygens (including phenoxy) is 2. The van der Waals surface area contributed by atoms with Gasteiger partial charge in [0, 0.05) is 11.1 Å². The molecule has 0 aromatic heterocycles. The molecule has 0 N–H and O–H groups in total. The van der Waals surface area contributed by atoms with Crippen LogP contribution in [0.2, 0.25) is 0 Å². The summed E-state index contributed by atoms with van der Waals surface area (Å²) >= 11 is 0. The van der Waals surface area contributed by atoms with E-state index >= 15 is 0 Å². The quantitative estimate of drug-likeness (QED) is 0.269. The lowest BCUT2D eigenvalue weighted by molar-refractivity contribution is -0.138. The van der Waals surface area contributed by atoms with E-state index in [1.54, 1.807) is 26.0 Å². The van der Waals surface area contributed by atoms with Gasteiger partial charge in [-0.05, 0) is 49.1 Å². The molecule has 144 valence electrons. The molecule has 0 radical (unpaired) electrons. The molecule has 28 heavy (non-hydrogen) atoms. The number of hydrogen-bond donors (Lipinski definition) is 0. The van der Waals surface area contributed by atoms with Crippen LogP contribution in [0.3, 0.4) is 0 Å². The molecule has 2 rings (SSSR count). The summed E-state index contributed by atoms with van der Waals surface area (Å²) in [6.07, 6.45) is 4.59. The Morgan fingerprint density at radius 1 is 0.857 bits per heavy atom. The second-order valence-corrected chi connectivity index (χ2v) is 6.42. The second kappa shape index (κ2) is 10.1. The van der Waals surface area contributed by atoms with Crippen LogP contribution in [-0.2, 0) is 14.3 Å². The Kier molecular flexibility index (Phi) is 7.52. The van der Waals surface area contributed by atoms with E-state index in [0.717, 1.165) is 16.7 Å². The highest BCUT2D eigenvalue weighted by molar-refractivity contribution is 5.88. The van der Waals surface area contributed by atoms with Crippen molar-refractivity contribution in [3.8, 4) is 16.9 Å². The third-order valence-electron chi connectivity index (χ3n) is 3.83. The molecule has 0 spiro atoms. The summed E-state index contributed by atoms with van der Waals surface area (Å²) in [5.74, 6) is -0.305. The molecule has 0 unspecified atom stereocenters. The summed E-state index contributed by atoms with van der Waals surface area (Å²) in [4.78, 5) is 22.8. The highest BCUT2D eigenvalue weighted by Gasteiger charge is 2.05. The Morgan fingerprint density at radius 2 is 1.39 bits per heavy atom. The van der Waals surface area contributed by atoms with E-state index in [0.29, 0.717) is 29.9 Å². The maximum absolute atomic E-state index is 11.5. The average Bonchev–Trinajstić information content (AvgIpc) is 2.68. The molecular formula is C24H24O4. The predicted octanol–water partition coefficient (Wildman–Crippen LogP) is 5.36. The van der Waals surface area contributed by atoms with Crippen LogP contribution in [-0.4, -0.2) is 18.5 Å².